The zero-order valence-electron chi connectivity index (χ0n) is 11.7. The van der Waals surface area contributed by atoms with E-state index in [-0.39, 0.29) is 6.42 Å². The van der Waals surface area contributed by atoms with E-state index in [0.29, 0.717) is 5.02 Å². The topological polar surface area (TPSA) is 78.6 Å². The van der Waals surface area contributed by atoms with Gasteiger partial charge < -0.3 is 15.2 Å². The van der Waals surface area contributed by atoms with Crippen LogP contribution in [0.25, 0.3) is 0 Å². The Morgan fingerprint density at radius 3 is 2.30 bits per heavy atom. The van der Waals surface area contributed by atoms with Crippen molar-refractivity contribution in [3.63, 3.8) is 0 Å². The Kier molecular flexibility index (Phi) is 5.53. The number of carbonyl (C=O) groups is 2. The molecule has 6 heteroatoms. The Labute approximate surface area is 123 Å². The number of nitrogens with two attached hydrogens (primary N) is 1. The molecule has 5 nitrogen and oxygen atoms in total. The molecule has 20 heavy (non-hydrogen) atoms. The first-order chi connectivity index (χ1) is 9.17. The SMILES string of the molecule is CC(C)(C)OC(=O)OC(=O)C[C@@H](N)c1ccc(Cl)cc1. The van der Waals surface area contributed by atoms with Crippen molar-refractivity contribution in [1.82, 2.24) is 0 Å². The molecule has 0 heterocycles. The summed E-state index contributed by atoms with van der Waals surface area (Å²) in [7, 11) is 0. The second-order valence-corrected chi connectivity index (χ2v) is 5.74. The molecule has 0 saturated carbocycles. The lowest BCUT2D eigenvalue weighted by molar-refractivity contribution is -0.141. The van der Waals surface area contributed by atoms with Gasteiger partial charge in [-0.1, -0.05) is 23.7 Å². The summed E-state index contributed by atoms with van der Waals surface area (Å²) in [4.78, 5) is 22.9. The summed E-state index contributed by atoms with van der Waals surface area (Å²) in [6.07, 6.45) is -1.15. The molecule has 2 N–H and O–H groups in total. The molecule has 0 unspecified atom stereocenters. The van der Waals surface area contributed by atoms with E-state index >= 15 is 0 Å². The van der Waals surface area contributed by atoms with E-state index in [1.165, 1.54) is 0 Å². The van der Waals surface area contributed by atoms with Crippen molar-refractivity contribution < 1.29 is 19.1 Å². The fourth-order valence-corrected chi connectivity index (χ4v) is 1.54. The molecule has 110 valence electrons. The third-order valence-electron chi connectivity index (χ3n) is 2.27. The molecular weight excluding hydrogens is 282 g/mol. The van der Waals surface area contributed by atoms with Gasteiger partial charge in [-0.2, -0.15) is 0 Å². The molecule has 0 aromatic heterocycles. The van der Waals surface area contributed by atoms with Crippen molar-refractivity contribution in [3.05, 3.63) is 34.9 Å². The van der Waals surface area contributed by atoms with Gasteiger partial charge in [0, 0.05) is 11.1 Å². The molecule has 0 aliphatic rings. The van der Waals surface area contributed by atoms with Gasteiger partial charge in [0.1, 0.15) is 5.60 Å². The second-order valence-electron chi connectivity index (χ2n) is 5.30. The lowest BCUT2D eigenvalue weighted by atomic mass is 10.1. The van der Waals surface area contributed by atoms with E-state index in [4.69, 9.17) is 22.1 Å². The smallest absolute Gasteiger partial charge is 0.428 e. The summed E-state index contributed by atoms with van der Waals surface area (Å²) < 4.78 is 9.41. The highest BCUT2D eigenvalue weighted by Gasteiger charge is 2.21. The first-order valence-electron chi connectivity index (χ1n) is 6.12. The van der Waals surface area contributed by atoms with Crippen molar-refractivity contribution in [2.45, 2.75) is 38.8 Å². The first-order valence-corrected chi connectivity index (χ1v) is 6.50. The van der Waals surface area contributed by atoms with Crippen LogP contribution in [0.2, 0.25) is 5.02 Å². The summed E-state index contributed by atoms with van der Waals surface area (Å²) in [5.74, 6) is -0.735. The fraction of sp³-hybridized carbons (Fsp3) is 0.429. The third-order valence-corrected chi connectivity index (χ3v) is 2.52. The maximum Gasteiger partial charge on any atom is 0.516 e. The fourth-order valence-electron chi connectivity index (χ4n) is 1.41. The molecule has 0 spiro atoms. The molecule has 0 aliphatic carbocycles. The molecule has 1 aromatic rings. The summed E-state index contributed by atoms with van der Waals surface area (Å²) in [6.45, 7) is 5.04. The van der Waals surface area contributed by atoms with E-state index < -0.39 is 23.8 Å². The van der Waals surface area contributed by atoms with Gasteiger partial charge in [-0.25, -0.2) is 4.79 Å². The third kappa shape index (κ3) is 6.04. The standard InChI is InChI=1S/C14H18ClNO4/c1-14(2,3)20-13(18)19-12(17)8-11(16)9-4-6-10(15)7-5-9/h4-7,11H,8,16H2,1-3H3/t11-/m1/s1. The van der Waals surface area contributed by atoms with Gasteiger partial charge in [0.15, 0.2) is 0 Å². The maximum absolute atomic E-state index is 11.6. The largest absolute Gasteiger partial charge is 0.516 e. The van der Waals surface area contributed by atoms with E-state index in [0.717, 1.165) is 5.56 Å². The van der Waals surface area contributed by atoms with Crippen molar-refractivity contribution in [1.29, 1.82) is 0 Å². The highest BCUT2D eigenvalue weighted by Crippen LogP contribution is 2.18. The van der Waals surface area contributed by atoms with Crippen LogP contribution in [-0.2, 0) is 14.3 Å². The van der Waals surface area contributed by atoms with Crippen LogP contribution in [0.5, 0.6) is 0 Å². The molecule has 0 bridgehead atoms. The Bertz CT molecular complexity index is 479. The number of rotatable bonds is 3. The number of carbonyl (C=O) groups excluding carboxylic acids is 2. The van der Waals surface area contributed by atoms with Gasteiger partial charge in [-0.05, 0) is 38.5 Å². The van der Waals surface area contributed by atoms with E-state index in [9.17, 15) is 9.59 Å². The van der Waals surface area contributed by atoms with Gasteiger partial charge in [-0.3, -0.25) is 4.79 Å². The van der Waals surface area contributed by atoms with Crippen LogP contribution in [0, 0.1) is 0 Å². The van der Waals surface area contributed by atoms with Gasteiger partial charge in [-0.15, -0.1) is 0 Å². The monoisotopic (exact) mass is 299 g/mol. The summed E-state index contributed by atoms with van der Waals surface area (Å²) in [5, 5.41) is 0.581. The Morgan fingerprint density at radius 1 is 1.25 bits per heavy atom. The number of ether oxygens (including phenoxy) is 2. The number of halogens is 1. The van der Waals surface area contributed by atoms with Crippen molar-refractivity contribution >= 4 is 23.7 Å². The van der Waals surface area contributed by atoms with Crippen LogP contribution in [0.4, 0.5) is 4.79 Å². The summed E-state index contributed by atoms with van der Waals surface area (Å²) in [6, 6.07) is 6.22. The molecular formula is C14H18ClNO4. The quantitative estimate of drug-likeness (QED) is 0.685. The predicted octanol–water partition coefficient (Wildman–Crippen LogP) is 3.21. The Balaban J connectivity index is 2.50. The molecule has 0 amide bonds. The average Bonchev–Trinajstić information content (AvgIpc) is 2.26. The van der Waals surface area contributed by atoms with E-state index in [2.05, 4.69) is 4.74 Å². The average molecular weight is 300 g/mol. The minimum atomic E-state index is -1.02. The molecule has 0 fully saturated rings. The van der Waals surface area contributed by atoms with Gasteiger partial charge >= 0.3 is 12.1 Å². The van der Waals surface area contributed by atoms with Crippen LogP contribution in [0.15, 0.2) is 24.3 Å². The van der Waals surface area contributed by atoms with Crippen LogP contribution < -0.4 is 5.73 Å². The lowest BCUT2D eigenvalue weighted by Crippen LogP contribution is -2.27. The van der Waals surface area contributed by atoms with Crippen molar-refractivity contribution in [2.24, 2.45) is 5.73 Å². The van der Waals surface area contributed by atoms with E-state index in [1.807, 2.05) is 0 Å². The Hall–Kier alpha value is -1.59. The molecule has 1 atom stereocenters. The van der Waals surface area contributed by atoms with Crippen LogP contribution in [0.1, 0.15) is 38.8 Å². The maximum atomic E-state index is 11.6. The van der Waals surface area contributed by atoms with E-state index in [1.54, 1.807) is 45.0 Å². The number of hydrogen-bond acceptors (Lipinski definition) is 5. The number of benzene rings is 1. The molecule has 1 rings (SSSR count). The molecule has 0 radical (unpaired) electrons. The zero-order valence-corrected chi connectivity index (χ0v) is 12.4. The highest BCUT2D eigenvalue weighted by atomic mass is 35.5. The van der Waals surface area contributed by atoms with Crippen LogP contribution in [-0.4, -0.2) is 17.7 Å². The zero-order chi connectivity index (χ0) is 15.3. The van der Waals surface area contributed by atoms with Crippen molar-refractivity contribution in [3.8, 4) is 0 Å². The minimum Gasteiger partial charge on any atom is -0.428 e. The molecule has 1 aromatic carbocycles. The lowest BCUT2D eigenvalue weighted by Gasteiger charge is -2.18. The minimum absolute atomic E-state index is 0.124. The van der Waals surface area contributed by atoms with Crippen LogP contribution >= 0.6 is 11.6 Å². The van der Waals surface area contributed by atoms with Gasteiger partial charge in [0.05, 0.1) is 6.42 Å². The summed E-state index contributed by atoms with van der Waals surface area (Å²) >= 11 is 5.76. The van der Waals surface area contributed by atoms with Crippen molar-refractivity contribution in [2.75, 3.05) is 0 Å². The van der Waals surface area contributed by atoms with Gasteiger partial charge in [0.2, 0.25) is 0 Å². The number of hydrogen-bond donors (Lipinski definition) is 1. The Morgan fingerprint density at radius 2 is 1.80 bits per heavy atom. The highest BCUT2D eigenvalue weighted by molar-refractivity contribution is 6.30. The molecule has 0 saturated heterocycles. The van der Waals surface area contributed by atoms with Gasteiger partial charge in [0.25, 0.3) is 0 Å². The van der Waals surface area contributed by atoms with Crippen LogP contribution in [0.3, 0.4) is 0 Å². The second kappa shape index (κ2) is 6.72. The molecule has 0 aliphatic heterocycles. The number of esters is 1. The summed E-state index contributed by atoms with van der Waals surface area (Å²) in [5.41, 5.74) is 5.87. The predicted molar refractivity (Wildman–Crippen MR) is 75.3 cm³/mol. The first kappa shape index (κ1) is 16.5. The normalized spacial score (nSPS) is 12.7.